The number of phenols is 2. The van der Waals surface area contributed by atoms with E-state index in [1.807, 2.05) is 29.8 Å². The second-order valence-electron chi connectivity index (χ2n) is 5.64. The van der Waals surface area contributed by atoms with E-state index in [0.29, 0.717) is 16.7 Å². The van der Waals surface area contributed by atoms with Crippen molar-refractivity contribution in [2.24, 2.45) is 12.1 Å². The van der Waals surface area contributed by atoms with Crippen LogP contribution in [-0.2, 0) is 7.05 Å². The highest BCUT2D eigenvalue weighted by Crippen LogP contribution is 2.28. The lowest BCUT2D eigenvalue weighted by Gasteiger charge is -2.01. The smallest absolute Gasteiger partial charge is 0.265 e. The van der Waals surface area contributed by atoms with Gasteiger partial charge in [-0.2, -0.15) is 10.1 Å². The number of halogens is 1. The number of benzene rings is 2. The first-order chi connectivity index (χ1) is 12.5. The molecule has 0 spiro atoms. The minimum absolute atomic E-state index is 0.0204. The largest absolute Gasteiger partial charge is 0.508 e. The number of rotatable bonds is 3. The summed E-state index contributed by atoms with van der Waals surface area (Å²) in [5, 5.41) is 32.3. The summed E-state index contributed by atoms with van der Waals surface area (Å²) in [6.45, 7) is 0. The highest BCUT2D eigenvalue weighted by atomic mass is 79.9. The molecular weight excluding hydrogens is 400 g/mol. The lowest BCUT2D eigenvalue weighted by molar-refractivity contribution is 0.450. The summed E-state index contributed by atoms with van der Waals surface area (Å²) in [5.41, 5.74) is 5.52. The highest BCUT2D eigenvalue weighted by Gasteiger charge is 2.12. The van der Waals surface area contributed by atoms with E-state index < -0.39 is 0 Å². The molecule has 4 aromatic rings. The molecule has 130 valence electrons. The molecule has 0 aliphatic rings. The van der Waals surface area contributed by atoms with Crippen LogP contribution >= 0.6 is 15.9 Å². The van der Waals surface area contributed by atoms with Crippen LogP contribution in [0.2, 0.25) is 0 Å². The van der Waals surface area contributed by atoms with Gasteiger partial charge in [-0.15, -0.1) is 10.2 Å². The maximum atomic E-state index is 9.74. The number of nitrogens with one attached hydrogen (secondary N) is 1. The maximum Gasteiger partial charge on any atom is 0.265 e. The van der Waals surface area contributed by atoms with E-state index in [1.165, 1.54) is 18.3 Å². The summed E-state index contributed by atoms with van der Waals surface area (Å²) in [5.74, 6) is 0.134. The van der Waals surface area contributed by atoms with E-state index in [0.717, 1.165) is 15.4 Å². The van der Waals surface area contributed by atoms with Gasteiger partial charge in [0.1, 0.15) is 17.0 Å². The molecular formula is C17H13BrN6O2. The van der Waals surface area contributed by atoms with Crippen molar-refractivity contribution in [2.45, 2.75) is 0 Å². The number of hydrogen-bond donors (Lipinski definition) is 3. The van der Waals surface area contributed by atoms with E-state index in [-0.39, 0.29) is 17.4 Å². The quantitative estimate of drug-likeness (QED) is 0.352. The van der Waals surface area contributed by atoms with Crippen molar-refractivity contribution >= 4 is 50.2 Å². The molecule has 0 amide bonds. The Morgan fingerprint density at radius 2 is 2.00 bits per heavy atom. The number of hydrogen-bond acceptors (Lipinski definition) is 7. The summed E-state index contributed by atoms with van der Waals surface area (Å²) in [7, 11) is 1.91. The Labute approximate surface area is 155 Å². The maximum absolute atomic E-state index is 9.74. The van der Waals surface area contributed by atoms with Gasteiger partial charge < -0.3 is 14.8 Å². The van der Waals surface area contributed by atoms with Gasteiger partial charge in [0, 0.05) is 28.5 Å². The van der Waals surface area contributed by atoms with Gasteiger partial charge in [0.15, 0.2) is 5.65 Å². The van der Waals surface area contributed by atoms with Gasteiger partial charge in [0.05, 0.1) is 11.7 Å². The van der Waals surface area contributed by atoms with Crippen molar-refractivity contribution in [3.8, 4) is 11.5 Å². The second kappa shape index (κ2) is 6.26. The molecule has 26 heavy (non-hydrogen) atoms. The van der Waals surface area contributed by atoms with Gasteiger partial charge in [-0.3, -0.25) is 0 Å². The number of fused-ring (bicyclic) bond motifs is 3. The fourth-order valence-corrected chi connectivity index (χ4v) is 3.04. The van der Waals surface area contributed by atoms with Crippen LogP contribution < -0.4 is 5.43 Å². The molecule has 0 aliphatic heterocycles. The number of phenolic OH excluding ortho intramolecular Hbond substituents is 2. The number of aromatic nitrogens is 4. The number of aryl methyl sites for hydroxylation is 1. The van der Waals surface area contributed by atoms with Crippen LogP contribution in [0.15, 0.2) is 46.0 Å². The Balaban J connectivity index is 1.66. The van der Waals surface area contributed by atoms with Crippen LogP contribution in [0.3, 0.4) is 0 Å². The van der Waals surface area contributed by atoms with E-state index in [2.05, 4.69) is 41.6 Å². The molecule has 0 bridgehead atoms. The summed E-state index contributed by atoms with van der Waals surface area (Å²) >= 11 is 3.46. The zero-order chi connectivity index (χ0) is 18.3. The molecule has 4 rings (SSSR count). The number of aromatic hydroxyl groups is 2. The average Bonchev–Trinajstić information content (AvgIpc) is 2.89. The van der Waals surface area contributed by atoms with E-state index in [1.54, 1.807) is 6.07 Å². The van der Waals surface area contributed by atoms with E-state index in [4.69, 9.17) is 0 Å². The molecule has 0 fully saturated rings. The third-order valence-corrected chi connectivity index (χ3v) is 4.44. The number of nitrogens with zero attached hydrogens (tertiary/aromatic N) is 5. The Hall–Kier alpha value is -3.20. The lowest BCUT2D eigenvalue weighted by Crippen LogP contribution is -2.00. The van der Waals surface area contributed by atoms with Gasteiger partial charge in [-0.25, -0.2) is 5.43 Å². The number of anilines is 1. The molecule has 9 heteroatoms. The van der Waals surface area contributed by atoms with Crippen LogP contribution in [0.1, 0.15) is 5.56 Å². The predicted octanol–water partition coefficient (Wildman–Crippen LogP) is 3.14. The van der Waals surface area contributed by atoms with Gasteiger partial charge >= 0.3 is 0 Å². The summed E-state index contributed by atoms with van der Waals surface area (Å²) < 4.78 is 2.90. The van der Waals surface area contributed by atoms with Crippen molar-refractivity contribution < 1.29 is 10.2 Å². The van der Waals surface area contributed by atoms with Gasteiger partial charge in [0.2, 0.25) is 0 Å². The predicted molar refractivity (Wildman–Crippen MR) is 102 cm³/mol. The Morgan fingerprint density at radius 1 is 1.15 bits per heavy atom. The van der Waals surface area contributed by atoms with Crippen LogP contribution in [0.4, 0.5) is 5.95 Å². The fraction of sp³-hybridized carbons (Fsp3) is 0.0588. The monoisotopic (exact) mass is 412 g/mol. The molecule has 0 radical (unpaired) electrons. The van der Waals surface area contributed by atoms with E-state index >= 15 is 0 Å². The Kier molecular flexibility index (Phi) is 3.92. The van der Waals surface area contributed by atoms with E-state index in [9.17, 15) is 10.2 Å². The third kappa shape index (κ3) is 2.82. The van der Waals surface area contributed by atoms with Crippen LogP contribution in [0.5, 0.6) is 11.5 Å². The summed E-state index contributed by atoms with van der Waals surface area (Å²) in [6, 6.07) is 10.2. The Morgan fingerprint density at radius 3 is 2.81 bits per heavy atom. The second-order valence-corrected chi connectivity index (χ2v) is 6.56. The molecule has 3 N–H and O–H groups in total. The third-order valence-electron chi connectivity index (χ3n) is 3.94. The van der Waals surface area contributed by atoms with Crippen molar-refractivity contribution in [1.82, 2.24) is 19.7 Å². The molecule has 8 nitrogen and oxygen atoms in total. The highest BCUT2D eigenvalue weighted by molar-refractivity contribution is 9.10. The molecule has 0 unspecified atom stereocenters. The van der Waals surface area contributed by atoms with Crippen LogP contribution in [-0.4, -0.2) is 36.2 Å². The van der Waals surface area contributed by atoms with Crippen LogP contribution in [0.25, 0.3) is 22.1 Å². The van der Waals surface area contributed by atoms with Gasteiger partial charge in [-0.05, 0) is 30.3 Å². The first kappa shape index (κ1) is 16.3. The van der Waals surface area contributed by atoms with Crippen molar-refractivity contribution in [3.05, 3.63) is 46.4 Å². The normalized spacial score (nSPS) is 11.6. The molecule has 0 saturated carbocycles. The first-order valence-corrected chi connectivity index (χ1v) is 8.41. The minimum Gasteiger partial charge on any atom is -0.508 e. The molecule has 2 aromatic carbocycles. The summed E-state index contributed by atoms with van der Waals surface area (Å²) in [6.07, 6.45) is 1.40. The molecule has 0 atom stereocenters. The lowest BCUT2D eigenvalue weighted by atomic mass is 10.2. The average molecular weight is 413 g/mol. The SMILES string of the molecule is Cn1c2ccc(Br)cc2c2nnc(N/N=C/c3ccc(O)cc3O)nc21. The zero-order valence-corrected chi connectivity index (χ0v) is 15.1. The molecule has 0 saturated heterocycles. The molecule has 0 aliphatic carbocycles. The minimum atomic E-state index is -0.0793. The zero-order valence-electron chi connectivity index (χ0n) is 13.5. The first-order valence-electron chi connectivity index (χ1n) is 7.62. The van der Waals surface area contributed by atoms with Crippen LogP contribution in [0, 0.1) is 0 Å². The fourth-order valence-electron chi connectivity index (χ4n) is 2.68. The van der Waals surface area contributed by atoms with Crippen molar-refractivity contribution in [3.63, 3.8) is 0 Å². The molecule has 2 aromatic heterocycles. The van der Waals surface area contributed by atoms with Gasteiger partial charge in [-0.1, -0.05) is 15.9 Å². The number of hydrazone groups is 1. The summed E-state index contributed by atoms with van der Waals surface area (Å²) in [4.78, 5) is 4.46. The molecule has 2 heterocycles. The van der Waals surface area contributed by atoms with Gasteiger partial charge in [0.25, 0.3) is 5.95 Å². The standard InChI is InChI=1S/C17H13BrN6O2/c1-24-13-5-3-10(18)6-12(13)15-16(24)20-17(23-21-15)22-19-8-9-2-4-11(25)7-14(9)26/h2-8,25-26H,1H3,(H,20,22,23)/b19-8+. The van der Waals surface area contributed by atoms with Crippen molar-refractivity contribution in [1.29, 1.82) is 0 Å². The Bertz CT molecular complexity index is 1170. The van der Waals surface area contributed by atoms with Crippen molar-refractivity contribution in [2.75, 3.05) is 5.43 Å². The topological polar surface area (TPSA) is 108 Å².